The Bertz CT molecular complexity index is 40.3. The molecule has 0 aliphatic carbocycles. The summed E-state index contributed by atoms with van der Waals surface area (Å²) in [7, 11) is 1.78. The second-order valence-electron chi connectivity index (χ2n) is 2.05. The van der Waals surface area contributed by atoms with Crippen molar-refractivity contribution in [1.82, 2.24) is 0 Å². The van der Waals surface area contributed by atoms with Gasteiger partial charge >= 0.3 is 0 Å². The molecule has 0 bridgehead atoms. The lowest BCUT2D eigenvalue weighted by Gasteiger charge is -2.09. The first-order chi connectivity index (χ1) is 5.85. The van der Waals surface area contributed by atoms with Crippen molar-refractivity contribution in [3.8, 4) is 0 Å². The van der Waals surface area contributed by atoms with Crippen molar-refractivity contribution >= 4 is 0 Å². The van der Waals surface area contributed by atoms with Gasteiger partial charge in [-0.3, -0.25) is 0 Å². The Kier molecular flexibility index (Phi) is 33.5. The molecule has 1 atom stereocenters. The summed E-state index contributed by atoms with van der Waals surface area (Å²) < 4.78 is 5.14. The molecule has 0 saturated heterocycles. The van der Waals surface area contributed by atoms with E-state index in [0.717, 1.165) is 6.42 Å². The van der Waals surface area contributed by atoms with Gasteiger partial charge in [-0.05, 0) is 12.8 Å². The van der Waals surface area contributed by atoms with Gasteiger partial charge in [-0.1, -0.05) is 48.0 Å². The van der Waals surface area contributed by atoms with E-state index in [9.17, 15) is 0 Å². The van der Waals surface area contributed by atoms with Crippen molar-refractivity contribution in [2.24, 2.45) is 0 Å². The van der Waals surface area contributed by atoms with Crippen molar-refractivity contribution in [3.05, 3.63) is 0 Å². The van der Waals surface area contributed by atoms with Crippen LogP contribution in [0.3, 0.4) is 0 Å². The average Bonchev–Trinajstić information content (AvgIpc) is 2.20. The molecule has 0 rings (SSSR count). The second kappa shape index (κ2) is 22.4. The standard InChI is InChI=1S/C7H16O.2C2H6/c1-4-6-7(5-2)8-3;2*1-2/h7H,4-6H2,1-3H3;2*1-2H3. The van der Waals surface area contributed by atoms with Crippen molar-refractivity contribution < 1.29 is 4.74 Å². The molecule has 0 amide bonds. The Balaban J connectivity index is -0.000000175. The minimum Gasteiger partial charge on any atom is -0.381 e. The molecule has 0 aliphatic heterocycles. The third-order valence-electron chi connectivity index (χ3n) is 1.40. The summed E-state index contributed by atoms with van der Waals surface area (Å²) in [6.07, 6.45) is 4.07. The molecule has 0 aromatic rings. The summed E-state index contributed by atoms with van der Waals surface area (Å²) in [4.78, 5) is 0. The predicted molar refractivity (Wildman–Crippen MR) is 58.7 cm³/mol. The SMILES string of the molecule is CC.CC.CCCC(CC)OC. The van der Waals surface area contributed by atoms with Crippen molar-refractivity contribution in [2.45, 2.75) is 66.9 Å². The molecule has 0 N–H and O–H groups in total. The third kappa shape index (κ3) is 16.5. The molecule has 0 radical (unpaired) electrons. The van der Waals surface area contributed by atoms with Crippen molar-refractivity contribution in [1.29, 1.82) is 0 Å². The zero-order chi connectivity index (χ0) is 10.4. The summed E-state index contributed by atoms with van der Waals surface area (Å²) in [6, 6.07) is 0. The quantitative estimate of drug-likeness (QED) is 0.621. The highest BCUT2D eigenvalue weighted by Gasteiger charge is 1.99. The van der Waals surface area contributed by atoms with Gasteiger partial charge in [0, 0.05) is 7.11 Å². The Morgan fingerprint density at radius 3 is 1.50 bits per heavy atom. The highest BCUT2D eigenvalue weighted by Crippen LogP contribution is 2.03. The Labute approximate surface area is 79.5 Å². The molecule has 1 heteroatoms. The maximum atomic E-state index is 5.14. The summed E-state index contributed by atoms with van der Waals surface area (Å²) in [6.45, 7) is 12.3. The van der Waals surface area contributed by atoms with Crippen LogP contribution in [0.5, 0.6) is 0 Å². The zero-order valence-electron chi connectivity index (χ0n) is 10.1. The summed E-state index contributed by atoms with van der Waals surface area (Å²) in [5.41, 5.74) is 0. The number of methoxy groups -OCH3 is 1. The molecule has 1 unspecified atom stereocenters. The van der Waals surface area contributed by atoms with Crippen LogP contribution in [0.25, 0.3) is 0 Å². The largest absolute Gasteiger partial charge is 0.381 e. The van der Waals surface area contributed by atoms with E-state index in [1.165, 1.54) is 12.8 Å². The smallest absolute Gasteiger partial charge is 0.0568 e. The van der Waals surface area contributed by atoms with Crippen LogP contribution in [-0.2, 0) is 4.74 Å². The molecule has 0 aromatic carbocycles. The van der Waals surface area contributed by atoms with Crippen LogP contribution in [0.1, 0.15) is 60.8 Å². The average molecular weight is 176 g/mol. The van der Waals surface area contributed by atoms with Gasteiger partial charge in [-0.25, -0.2) is 0 Å². The zero-order valence-corrected chi connectivity index (χ0v) is 10.1. The van der Waals surface area contributed by atoms with Gasteiger partial charge in [0.2, 0.25) is 0 Å². The predicted octanol–water partition coefficient (Wildman–Crippen LogP) is 4.26. The summed E-state index contributed by atoms with van der Waals surface area (Å²) in [5.74, 6) is 0. The Morgan fingerprint density at radius 2 is 1.42 bits per heavy atom. The molecule has 0 fully saturated rings. The minimum absolute atomic E-state index is 0.500. The maximum Gasteiger partial charge on any atom is 0.0568 e. The topological polar surface area (TPSA) is 9.23 Å². The lowest BCUT2D eigenvalue weighted by molar-refractivity contribution is 0.0915. The molecular formula is C11H28O. The van der Waals surface area contributed by atoms with E-state index < -0.39 is 0 Å². The van der Waals surface area contributed by atoms with E-state index >= 15 is 0 Å². The monoisotopic (exact) mass is 176 g/mol. The Hall–Kier alpha value is -0.0400. The van der Waals surface area contributed by atoms with Crippen LogP contribution in [0.15, 0.2) is 0 Å². The molecule has 78 valence electrons. The number of hydrogen-bond acceptors (Lipinski definition) is 1. The molecule has 0 heterocycles. The number of ether oxygens (including phenoxy) is 1. The van der Waals surface area contributed by atoms with Gasteiger partial charge in [0.25, 0.3) is 0 Å². The normalized spacial score (nSPS) is 10.2. The molecule has 12 heavy (non-hydrogen) atoms. The molecule has 0 aromatic heterocycles. The van der Waals surface area contributed by atoms with Crippen LogP contribution in [-0.4, -0.2) is 13.2 Å². The van der Waals surface area contributed by atoms with E-state index in [-0.39, 0.29) is 0 Å². The van der Waals surface area contributed by atoms with Gasteiger partial charge in [0.1, 0.15) is 0 Å². The first kappa shape index (κ1) is 17.9. The van der Waals surface area contributed by atoms with Gasteiger partial charge in [-0.15, -0.1) is 0 Å². The van der Waals surface area contributed by atoms with E-state index in [4.69, 9.17) is 4.74 Å². The first-order valence-electron chi connectivity index (χ1n) is 5.37. The maximum absolute atomic E-state index is 5.14. The van der Waals surface area contributed by atoms with Crippen LogP contribution in [0, 0.1) is 0 Å². The summed E-state index contributed by atoms with van der Waals surface area (Å²) >= 11 is 0. The summed E-state index contributed by atoms with van der Waals surface area (Å²) in [5, 5.41) is 0. The highest BCUT2D eigenvalue weighted by atomic mass is 16.5. The van der Waals surface area contributed by atoms with Gasteiger partial charge in [0.15, 0.2) is 0 Å². The van der Waals surface area contributed by atoms with Crippen molar-refractivity contribution in [3.63, 3.8) is 0 Å². The molecule has 0 spiro atoms. The van der Waals surface area contributed by atoms with Gasteiger partial charge in [0.05, 0.1) is 6.10 Å². The molecule has 1 nitrogen and oxygen atoms in total. The second-order valence-corrected chi connectivity index (χ2v) is 2.05. The molecule has 0 aliphatic rings. The minimum atomic E-state index is 0.500. The van der Waals surface area contributed by atoms with Gasteiger partial charge in [-0.2, -0.15) is 0 Å². The van der Waals surface area contributed by atoms with Gasteiger partial charge < -0.3 is 4.74 Å². The lowest BCUT2D eigenvalue weighted by Crippen LogP contribution is -2.07. The fraction of sp³-hybridized carbons (Fsp3) is 1.00. The molecule has 0 saturated carbocycles. The number of hydrogen-bond donors (Lipinski definition) is 0. The highest BCUT2D eigenvalue weighted by molar-refractivity contribution is 4.50. The van der Waals surface area contributed by atoms with Crippen LogP contribution >= 0.6 is 0 Å². The van der Waals surface area contributed by atoms with Crippen molar-refractivity contribution in [2.75, 3.05) is 7.11 Å². The lowest BCUT2D eigenvalue weighted by atomic mass is 10.2. The molecular weight excluding hydrogens is 148 g/mol. The van der Waals surface area contributed by atoms with Crippen LogP contribution < -0.4 is 0 Å². The van der Waals surface area contributed by atoms with Crippen LogP contribution in [0.4, 0.5) is 0 Å². The Morgan fingerprint density at radius 1 is 1.00 bits per heavy atom. The fourth-order valence-corrected chi connectivity index (χ4v) is 0.811. The van der Waals surface area contributed by atoms with Crippen LogP contribution in [0.2, 0.25) is 0 Å². The fourth-order valence-electron chi connectivity index (χ4n) is 0.811. The first-order valence-corrected chi connectivity index (χ1v) is 5.37. The third-order valence-corrected chi connectivity index (χ3v) is 1.40. The number of rotatable bonds is 4. The van der Waals surface area contributed by atoms with E-state index in [0.29, 0.717) is 6.10 Å². The van der Waals surface area contributed by atoms with E-state index in [1.807, 2.05) is 27.7 Å². The van der Waals surface area contributed by atoms with E-state index in [2.05, 4.69) is 13.8 Å². The van der Waals surface area contributed by atoms with E-state index in [1.54, 1.807) is 7.11 Å².